The first-order chi connectivity index (χ1) is 8.29. The summed E-state index contributed by atoms with van der Waals surface area (Å²) in [5.41, 5.74) is 0. The molecule has 1 atom stereocenters. The van der Waals surface area contributed by atoms with Gasteiger partial charge in [0.25, 0.3) is 0 Å². The van der Waals surface area contributed by atoms with Gasteiger partial charge in [-0.05, 0) is 25.1 Å². The lowest BCUT2D eigenvalue weighted by Crippen LogP contribution is -2.26. The van der Waals surface area contributed by atoms with Crippen LogP contribution >= 0.6 is 0 Å². The summed E-state index contributed by atoms with van der Waals surface area (Å²) in [6, 6.07) is 6.92. The fourth-order valence-corrected chi connectivity index (χ4v) is 2.11. The van der Waals surface area contributed by atoms with Crippen molar-refractivity contribution in [3.05, 3.63) is 24.3 Å². The molecule has 4 heteroatoms. The number of benzene rings is 1. The molecule has 0 unspecified atom stereocenters. The second-order valence-corrected chi connectivity index (χ2v) is 4.43. The minimum Gasteiger partial charge on any atom is -0.504 e. The average Bonchev–Trinajstić information content (AvgIpc) is 2.80. The third-order valence-electron chi connectivity index (χ3n) is 3.12. The predicted molar refractivity (Wildman–Crippen MR) is 64.1 cm³/mol. The normalized spacial score (nSPS) is 20.6. The van der Waals surface area contributed by atoms with E-state index >= 15 is 0 Å². The Morgan fingerprint density at radius 2 is 2.24 bits per heavy atom. The molecule has 0 amide bonds. The zero-order valence-electron chi connectivity index (χ0n) is 9.81. The second kappa shape index (κ2) is 5.87. The lowest BCUT2D eigenvalue weighted by atomic mass is 10.1. The quantitative estimate of drug-likeness (QED) is 0.853. The van der Waals surface area contributed by atoms with Gasteiger partial charge in [0.15, 0.2) is 11.5 Å². The molecule has 2 rings (SSSR count). The van der Waals surface area contributed by atoms with Crippen molar-refractivity contribution in [1.82, 2.24) is 4.90 Å². The molecular formula is C13H18FNO2. The molecule has 1 fully saturated rings. The van der Waals surface area contributed by atoms with Gasteiger partial charge in [0.1, 0.15) is 6.61 Å². The molecular weight excluding hydrogens is 221 g/mol. The number of hydrogen-bond donors (Lipinski definition) is 1. The molecule has 0 bridgehead atoms. The molecule has 1 aliphatic heterocycles. The van der Waals surface area contributed by atoms with Crippen LogP contribution in [0.1, 0.15) is 6.42 Å². The maximum Gasteiger partial charge on any atom is 0.160 e. The van der Waals surface area contributed by atoms with Gasteiger partial charge < -0.3 is 9.84 Å². The lowest BCUT2D eigenvalue weighted by Gasteiger charge is -2.16. The van der Waals surface area contributed by atoms with Crippen LogP contribution in [-0.2, 0) is 0 Å². The number of alkyl halides is 1. The number of phenolic OH excluding ortho intramolecular Hbond substituents is 1. The molecule has 3 nitrogen and oxygen atoms in total. The molecule has 0 radical (unpaired) electrons. The van der Waals surface area contributed by atoms with E-state index in [4.69, 9.17) is 4.74 Å². The highest BCUT2D eigenvalue weighted by molar-refractivity contribution is 5.37. The molecule has 1 saturated heterocycles. The Kier molecular flexibility index (Phi) is 4.20. The van der Waals surface area contributed by atoms with Gasteiger partial charge in [0.2, 0.25) is 0 Å². The van der Waals surface area contributed by atoms with Crippen molar-refractivity contribution in [2.45, 2.75) is 6.42 Å². The Morgan fingerprint density at radius 3 is 2.94 bits per heavy atom. The van der Waals surface area contributed by atoms with Crippen molar-refractivity contribution in [2.75, 3.05) is 32.9 Å². The van der Waals surface area contributed by atoms with Crippen molar-refractivity contribution < 1.29 is 14.2 Å². The van der Waals surface area contributed by atoms with Crippen molar-refractivity contribution >= 4 is 0 Å². The Morgan fingerprint density at radius 1 is 1.41 bits per heavy atom. The smallest absolute Gasteiger partial charge is 0.160 e. The van der Waals surface area contributed by atoms with Crippen LogP contribution in [0.5, 0.6) is 11.5 Å². The second-order valence-electron chi connectivity index (χ2n) is 4.43. The van der Waals surface area contributed by atoms with Gasteiger partial charge in [-0.15, -0.1) is 0 Å². The number of rotatable bonds is 5. The molecule has 17 heavy (non-hydrogen) atoms. The van der Waals surface area contributed by atoms with Crippen LogP contribution in [0.2, 0.25) is 0 Å². The van der Waals surface area contributed by atoms with Crippen LogP contribution in [0.4, 0.5) is 4.39 Å². The van der Waals surface area contributed by atoms with Crippen LogP contribution in [-0.4, -0.2) is 42.9 Å². The summed E-state index contributed by atoms with van der Waals surface area (Å²) in [5, 5.41) is 9.49. The van der Waals surface area contributed by atoms with Crippen molar-refractivity contribution in [1.29, 1.82) is 0 Å². The third kappa shape index (κ3) is 3.33. The molecule has 1 aliphatic rings. The number of likely N-dealkylation sites (tertiary alicyclic amines) is 1. The van der Waals surface area contributed by atoms with E-state index < -0.39 is 0 Å². The summed E-state index contributed by atoms with van der Waals surface area (Å²) in [6.07, 6.45) is 0.938. The zero-order chi connectivity index (χ0) is 12.1. The van der Waals surface area contributed by atoms with Crippen molar-refractivity contribution in [3.63, 3.8) is 0 Å². The highest BCUT2D eigenvalue weighted by Crippen LogP contribution is 2.24. The van der Waals surface area contributed by atoms with Gasteiger partial charge in [0, 0.05) is 19.0 Å². The molecule has 0 spiro atoms. The maximum absolute atomic E-state index is 12.4. The van der Waals surface area contributed by atoms with Gasteiger partial charge in [-0.3, -0.25) is 9.29 Å². The number of aromatic hydroxyl groups is 1. The molecule has 94 valence electrons. The standard InChI is InChI=1S/C13H18FNO2/c14-9-11-5-6-15(10-11)7-8-17-13-4-2-1-3-12(13)16/h1-4,11,16H,5-10H2/t11-/m0/s1. The Labute approximate surface area is 101 Å². The largest absolute Gasteiger partial charge is 0.504 e. The topological polar surface area (TPSA) is 32.7 Å². The SMILES string of the molecule is Oc1ccccc1OCCN1CC[C@@H](CF)C1. The summed E-state index contributed by atoms with van der Waals surface area (Å²) in [6.45, 7) is 2.84. The molecule has 1 N–H and O–H groups in total. The van der Waals surface area contributed by atoms with Crippen molar-refractivity contribution in [3.8, 4) is 11.5 Å². The van der Waals surface area contributed by atoms with E-state index in [1.165, 1.54) is 0 Å². The molecule has 1 aromatic rings. The predicted octanol–water partition coefficient (Wildman–Crippen LogP) is 2.06. The monoisotopic (exact) mass is 239 g/mol. The van der Waals surface area contributed by atoms with E-state index in [9.17, 15) is 9.50 Å². The fraction of sp³-hybridized carbons (Fsp3) is 0.538. The minimum absolute atomic E-state index is 0.163. The van der Waals surface area contributed by atoms with E-state index in [1.807, 2.05) is 6.07 Å². The summed E-state index contributed by atoms with van der Waals surface area (Å²) < 4.78 is 17.9. The number of ether oxygens (including phenoxy) is 1. The molecule has 1 heterocycles. The van der Waals surface area contributed by atoms with Gasteiger partial charge in [-0.25, -0.2) is 0 Å². The van der Waals surface area contributed by atoms with Gasteiger partial charge in [-0.2, -0.15) is 0 Å². The van der Waals surface area contributed by atoms with Crippen LogP contribution in [0.15, 0.2) is 24.3 Å². The first kappa shape index (κ1) is 12.2. The first-order valence-corrected chi connectivity index (χ1v) is 5.98. The van der Waals surface area contributed by atoms with E-state index in [0.717, 1.165) is 26.1 Å². The number of phenols is 1. The van der Waals surface area contributed by atoms with Crippen LogP contribution in [0.3, 0.4) is 0 Å². The molecule has 0 aliphatic carbocycles. The van der Waals surface area contributed by atoms with E-state index in [1.54, 1.807) is 18.2 Å². The maximum atomic E-state index is 12.4. The van der Waals surface area contributed by atoms with E-state index in [2.05, 4.69) is 4.90 Å². The lowest BCUT2D eigenvalue weighted by molar-refractivity contribution is 0.223. The summed E-state index contributed by atoms with van der Waals surface area (Å²) in [7, 11) is 0. The van der Waals surface area contributed by atoms with Crippen molar-refractivity contribution in [2.24, 2.45) is 5.92 Å². The van der Waals surface area contributed by atoms with Crippen LogP contribution in [0.25, 0.3) is 0 Å². The molecule has 0 aromatic heterocycles. The Bertz CT molecular complexity index is 359. The number of para-hydroxylation sites is 2. The number of hydrogen-bond acceptors (Lipinski definition) is 3. The molecule has 0 saturated carbocycles. The Hall–Kier alpha value is -1.29. The highest BCUT2D eigenvalue weighted by atomic mass is 19.1. The zero-order valence-corrected chi connectivity index (χ0v) is 9.81. The summed E-state index contributed by atoms with van der Waals surface area (Å²) >= 11 is 0. The van der Waals surface area contributed by atoms with Gasteiger partial charge in [-0.1, -0.05) is 12.1 Å². The van der Waals surface area contributed by atoms with Crippen LogP contribution in [0, 0.1) is 5.92 Å². The van der Waals surface area contributed by atoms with E-state index in [-0.39, 0.29) is 18.3 Å². The average molecular weight is 239 g/mol. The van der Waals surface area contributed by atoms with Crippen LogP contribution < -0.4 is 4.74 Å². The summed E-state index contributed by atoms with van der Waals surface area (Å²) in [4.78, 5) is 2.20. The minimum atomic E-state index is -0.225. The highest BCUT2D eigenvalue weighted by Gasteiger charge is 2.21. The van der Waals surface area contributed by atoms with E-state index in [0.29, 0.717) is 12.4 Å². The van der Waals surface area contributed by atoms with Gasteiger partial charge in [0.05, 0.1) is 6.67 Å². The van der Waals surface area contributed by atoms with Gasteiger partial charge >= 0.3 is 0 Å². The number of halogens is 1. The third-order valence-corrected chi connectivity index (χ3v) is 3.12. The Balaban J connectivity index is 1.72. The number of nitrogens with zero attached hydrogens (tertiary/aromatic N) is 1. The first-order valence-electron chi connectivity index (χ1n) is 5.98. The fourth-order valence-electron chi connectivity index (χ4n) is 2.11. The molecule has 1 aromatic carbocycles. The summed E-state index contributed by atoms with van der Waals surface area (Å²) in [5.74, 6) is 0.865.